The highest BCUT2D eigenvalue weighted by Gasteiger charge is 2.37. The molecule has 0 aliphatic rings. The number of alkyl halides is 1. The quantitative estimate of drug-likeness (QED) is 0.590. The number of ether oxygens (including phenoxy) is 1. The lowest BCUT2D eigenvalue weighted by Gasteiger charge is -2.36. The molecule has 0 saturated heterocycles. The van der Waals surface area contributed by atoms with Crippen molar-refractivity contribution < 1.29 is 9.13 Å². The fourth-order valence-electron chi connectivity index (χ4n) is 2.09. The van der Waals surface area contributed by atoms with E-state index in [0.717, 1.165) is 12.8 Å². The number of halogens is 1. The zero-order valence-corrected chi connectivity index (χ0v) is 14.4. The summed E-state index contributed by atoms with van der Waals surface area (Å²) in [6, 6.07) is 10.2. The first kappa shape index (κ1) is 18.2. The summed E-state index contributed by atoms with van der Waals surface area (Å²) in [6.45, 7) is 12.3. The van der Waals surface area contributed by atoms with Crippen molar-refractivity contribution in [3.8, 4) is 0 Å². The van der Waals surface area contributed by atoms with Gasteiger partial charge in [0.15, 0.2) is 0 Å². The van der Waals surface area contributed by atoms with E-state index >= 15 is 0 Å². The SMILES string of the molecule is CC(CCC(C)(C)C(C)(C)F)C(C)OCc1ccccc1. The molecule has 2 heteroatoms. The van der Waals surface area contributed by atoms with Crippen molar-refractivity contribution in [2.75, 3.05) is 0 Å². The van der Waals surface area contributed by atoms with Crippen LogP contribution in [0.15, 0.2) is 30.3 Å². The van der Waals surface area contributed by atoms with Crippen LogP contribution < -0.4 is 0 Å². The number of rotatable bonds is 8. The largest absolute Gasteiger partial charge is 0.374 e. The molecular formula is C19H31FO. The van der Waals surface area contributed by atoms with E-state index in [0.29, 0.717) is 12.5 Å². The van der Waals surface area contributed by atoms with Gasteiger partial charge in [-0.3, -0.25) is 0 Å². The summed E-state index contributed by atoms with van der Waals surface area (Å²) in [5.41, 5.74) is -0.261. The minimum absolute atomic E-state index is 0.184. The van der Waals surface area contributed by atoms with Crippen LogP contribution in [0.1, 0.15) is 59.9 Å². The highest BCUT2D eigenvalue weighted by Crippen LogP contribution is 2.39. The van der Waals surface area contributed by atoms with E-state index < -0.39 is 5.67 Å². The second-order valence-electron chi connectivity index (χ2n) is 7.37. The summed E-state index contributed by atoms with van der Waals surface area (Å²) < 4.78 is 20.1. The minimum Gasteiger partial charge on any atom is -0.374 e. The Labute approximate surface area is 129 Å². The Kier molecular flexibility index (Phi) is 6.40. The molecule has 0 saturated carbocycles. The molecule has 0 fully saturated rings. The fraction of sp³-hybridized carbons (Fsp3) is 0.684. The van der Waals surface area contributed by atoms with Gasteiger partial charge in [0, 0.05) is 0 Å². The Morgan fingerprint density at radius 3 is 2.14 bits per heavy atom. The summed E-state index contributed by atoms with van der Waals surface area (Å²) in [4.78, 5) is 0. The highest BCUT2D eigenvalue weighted by molar-refractivity contribution is 5.13. The molecule has 2 atom stereocenters. The Bertz CT molecular complexity index is 405. The summed E-state index contributed by atoms with van der Waals surface area (Å²) in [5.74, 6) is 0.426. The Hall–Kier alpha value is -0.890. The zero-order chi connectivity index (χ0) is 16.1. The van der Waals surface area contributed by atoms with Gasteiger partial charge in [-0.2, -0.15) is 0 Å². The van der Waals surface area contributed by atoms with E-state index in [-0.39, 0.29) is 11.5 Å². The standard InChI is InChI=1S/C19H31FO/c1-15(12-13-18(3,4)19(5,6)20)16(2)21-14-17-10-8-7-9-11-17/h7-11,15-16H,12-14H2,1-6H3. The van der Waals surface area contributed by atoms with Crippen LogP contribution >= 0.6 is 0 Å². The van der Waals surface area contributed by atoms with Crippen molar-refractivity contribution >= 4 is 0 Å². The second-order valence-corrected chi connectivity index (χ2v) is 7.37. The molecule has 0 aromatic heterocycles. The molecule has 2 unspecified atom stereocenters. The third-order valence-electron chi connectivity index (χ3n) is 4.99. The van der Waals surface area contributed by atoms with E-state index in [4.69, 9.17) is 4.74 Å². The first-order valence-electron chi connectivity index (χ1n) is 7.98. The van der Waals surface area contributed by atoms with E-state index in [1.54, 1.807) is 13.8 Å². The van der Waals surface area contributed by atoms with Crippen molar-refractivity contribution in [3.63, 3.8) is 0 Å². The van der Waals surface area contributed by atoms with Crippen molar-refractivity contribution in [2.45, 2.75) is 72.8 Å². The maximum Gasteiger partial charge on any atom is 0.110 e. The van der Waals surface area contributed by atoms with Gasteiger partial charge in [-0.15, -0.1) is 0 Å². The van der Waals surface area contributed by atoms with E-state index in [1.165, 1.54) is 5.56 Å². The molecule has 1 aromatic rings. The zero-order valence-electron chi connectivity index (χ0n) is 14.4. The van der Waals surface area contributed by atoms with Crippen LogP contribution in [0.5, 0.6) is 0 Å². The molecule has 0 spiro atoms. The average molecular weight is 294 g/mol. The molecule has 0 aliphatic heterocycles. The van der Waals surface area contributed by atoms with E-state index in [1.807, 2.05) is 32.0 Å². The molecule has 0 radical (unpaired) electrons. The van der Waals surface area contributed by atoms with Crippen molar-refractivity contribution in [3.05, 3.63) is 35.9 Å². The van der Waals surface area contributed by atoms with Gasteiger partial charge in [-0.1, -0.05) is 51.1 Å². The number of benzene rings is 1. The maximum atomic E-state index is 14.2. The van der Waals surface area contributed by atoms with Gasteiger partial charge < -0.3 is 4.74 Å². The van der Waals surface area contributed by atoms with Crippen LogP contribution in [0, 0.1) is 11.3 Å². The summed E-state index contributed by atoms with van der Waals surface area (Å²) in [6.07, 6.45) is 2.04. The topological polar surface area (TPSA) is 9.23 Å². The molecule has 0 heterocycles. The van der Waals surface area contributed by atoms with Crippen LogP contribution in [-0.2, 0) is 11.3 Å². The molecule has 0 bridgehead atoms. The van der Waals surface area contributed by atoms with Crippen LogP contribution in [0.2, 0.25) is 0 Å². The average Bonchev–Trinajstić information content (AvgIpc) is 2.42. The monoisotopic (exact) mass is 294 g/mol. The molecule has 0 amide bonds. The van der Waals surface area contributed by atoms with Gasteiger partial charge >= 0.3 is 0 Å². The van der Waals surface area contributed by atoms with Crippen molar-refractivity contribution in [1.82, 2.24) is 0 Å². The first-order valence-corrected chi connectivity index (χ1v) is 7.98. The number of hydrogen-bond acceptors (Lipinski definition) is 1. The van der Waals surface area contributed by atoms with Crippen molar-refractivity contribution in [2.24, 2.45) is 11.3 Å². The molecule has 0 N–H and O–H groups in total. The molecule has 21 heavy (non-hydrogen) atoms. The smallest absolute Gasteiger partial charge is 0.110 e. The normalized spacial score (nSPS) is 15.8. The predicted molar refractivity (Wildman–Crippen MR) is 88.1 cm³/mol. The van der Waals surface area contributed by atoms with Gasteiger partial charge in [0.2, 0.25) is 0 Å². The lowest BCUT2D eigenvalue weighted by Crippen LogP contribution is -2.35. The molecule has 1 aromatic carbocycles. The number of hydrogen-bond donors (Lipinski definition) is 0. The Morgan fingerprint density at radius 2 is 1.62 bits per heavy atom. The molecule has 120 valence electrons. The van der Waals surface area contributed by atoms with Crippen LogP contribution in [0.4, 0.5) is 4.39 Å². The van der Waals surface area contributed by atoms with Crippen LogP contribution in [-0.4, -0.2) is 11.8 Å². The molecular weight excluding hydrogens is 263 g/mol. The fourth-order valence-corrected chi connectivity index (χ4v) is 2.09. The van der Waals surface area contributed by atoms with Crippen molar-refractivity contribution in [1.29, 1.82) is 0 Å². The third-order valence-corrected chi connectivity index (χ3v) is 4.99. The van der Waals surface area contributed by atoms with Gasteiger partial charge in [0.25, 0.3) is 0 Å². The van der Waals surface area contributed by atoms with Gasteiger partial charge in [0.1, 0.15) is 5.67 Å². The predicted octanol–water partition coefficient (Wildman–Crippen LogP) is 5.78. The Balaban J connectivity index is 2.39. The molecule has 1 rings (SSSR count). The van der Waals surface area contributed by atoms with Gasteiger partial charge in [0.05, 0.1) is 12.7 Å². The van der Waals surface area contributed by atoms with Crippen LogP contribution in [0.3, 0.4) is 0 Å². The third kappa shape index (κ3) is 5.78. The first-order chi connectivity index (χ1) is 9.63. The second kappa shape index (κ2) is 7.40. The van der Waals surface area contributed by atoms with Crippen LogP contribution in [0.25, 0.3) is 0 Å². The maximum absolute atomic E-state index is 14.2. The lowest BCUT2D eigenvalue weighted by molar-refractivity contribution is 0.0000578. The van der Waals surface area contributed by atoms with Gasteiger partial charge in [-0.25, -0.2) is 4.39 Å². The summed E-state index contributed by atoms with van der Waals surface area (Å²) in [5, 5.41) is 0. The molecule has 1 nitrogen and oxygen atoms in total. The lowest BCUT2D eigenvalue weighted by atomic mass is 9.73. The highest BCUT2D eigenvalue weighted by atomic mass is 19.1. The van der Waals surface area contributed by atoms with Gasteiger partial charge in [-0.05, 0) is 50.5 Å². The Morgan fingerprint density at radius 1 is 1.05 bits per heavy atom. The minimum atomic E-state index is -1.15. The van der Waals surface area contributed by atoms with E-state index in [2.05, 4.69) is 26.0 Å². The molecule has 0 aliphatic carbocycles. The van der Waals surface area contributed by atoms with E-state index in [9.17, 15) is 4.39 Å². The summed E-state index contributed by atoms with van der Waals surface area (Å²) >= 11 is 0. The summed E-state index contributed by atoms with van der Waals surface area (Å²) in [7, 11) is 0.